The number of carbonyl (C=O) groups is 3. The summed E-state index contributed by atoms with van der Waals surface area (Å²) in [4.78, 5) is 52.5. The number of amides is 1. The first-order chi connectivity index (χ1) is 28.8. The van der Waals surface area contributed by atoms with Crippen molar-refractivity contribution in [3.63, 3.8) is 0 Å². The van der Waals surface area contributed by atoms with Crippen LogP contribution in [0.3, 0.4) is 0 Å². The molecule has 59 heavy (non-hydrogen) atoms. The van der Waals surface area contributed by atoms with Gasteiger partial charge in [0, 0.05) is 29.1 Å². The molecule has 3 aliphatic rings. The topological polar surface area (TPSA) is 134 Å². The Hall–Kier alpha value is -5.29. The zero-order chi connectivity index (χ0) is 40.7. The molecule has 2 aromatic heterocycles. The van der Waals surface area contributed by atoms with Gasteiger partial charge in [0.25, 0.3) is 5.91 Å². The second-order valence-electron chi connectivity index (χ2n) is 15.7. The number of carboxylic acids is 1. The van der Waals surface area contributed by atoms with E-state index in [2.05, 4.69) is 38.0 Å². The number of ether oxygens (including phenoxy) is 2. The summed E-state index contributed by atoms with van der Waals surface area (Å²) in [5.41, 5.74) is 4.81. The van der Waals surface area contributed by atoms with Crippen molar-refractivity contribution < 1.29 is 29.0 Å². The molecule has 0 spiro atoms. The Morgan fingerprint density at radius 3 is 2.44 bits per heavy atom. The molecule has 4 heterocycles. The number of fused-ring (bicyclic) bond motifs is 2. The molecule has 0 bridgehead atoms. The smallest absolute Gasteiger partial charge is 0.357 e. The van der Waals surface area contributed by atoms with Crippen molar-refractivity contribution in [1.29, 1.82) is 0 Å². The number of aromatic nitrogens is 2. The maximum Gasteiger partial charge on any atom is 0.357 e. The molecule has 13 heteroatoms. The predicted octanol–water partition coefficient (Wildman–Crippen LogP) is 8.32. The van der Waals surface area contributed by atoms with E-state index in [4.69, 9.17) is 14.5 Å². The second-order valence-corrected chi connectivity index (χ2v) is 17.7. The number of piperidine rings is 1. The van der Waals surface area contributed by atoms with Crippen LogP contribution in [0.5, 0.6) is 5.75 Å². The van der Waals surface area contributed by atoms with Gasteiger partial charge in [0.15, 0.2) is 16.0 Å². The highest BCUT2D eigenvalue weighted by atomic mass is 32.1. The number of rotatable bonds is 12. The summed E-state index contributed by atoms with van der Waals surface area (Å²) in [6.45, 7) is 4.53. The number of para-hydroxylation sites is 1. The number of aliphatic carboxylic acids is 1. The molecule has 2 aliphatic heterocycles. The first kappa shape index (κ1) is 40.5. The number of hydrogen-bond donors (Lipinski definition) is 2. The van der Waals surface area contributed by atoms with E-state index in [1.165, 1.54) is 42.6 Å². The molecule has 3 aromatic carbocycles. The van der Waals surface area contributed by atoms with Crippen molar-refractivity contribution in [3.8, 4) is 17.6 Å². The van der Waals surface area contributed by atoms with E-state index in [9.17, 15) is 19.5 Å². The van der Waals surface area contributed by atoms with Crippen molar-refractivity contribution in [2.24, 2.45) is 17.8 Å². The van der Waals surface area contributed by atoms with Crippen LogP contribution >= 0.6 is 22.7 Å². The fraction of sp³-hybridized carbons (Fsp3) is 0.413. The van der Waals surface area contributed by atoms with Gasteiger partial charge in [-0.25, -0.2) is 14.8 Å². The fourth-order valence-corrected chi connectivity index (χ4v) is 10.7. The molecule has 1 saturated carbocycles. The minimum Gasteiger partial charge on any atom is -0.494 e. The van der Waals surface area contributed by atoms with Crippen LogP contribution in [0.2, 0.25) is 0 Å². The SMILES string of the molecule is COC(=O)c1nc(N2CCc3cccc(C(=O)Nc4nc5ccccc5s4)c3C2)sc1CCCOc1ccc(C#CCN2CCC(C3CCC(C(=O)O)CC3)CC2)cc1. The van der Waals surface area contributed by atoms with Crippen LogP contribution < -0.4 is 15.0 Å². The van der Waals surface area contributed by atoms with Crippen molar-refractivity contribution in [2.45, 2.75) is 64.3 Å². The number of anilines is 2. The van der Waals surface area contributed by atoms with Gasteiger partial charge in [0.05, 0.1) is 36.4 Å². The van der Waals surface area contributed by atoms with E-state index in [-0.39, 0.29) is 11.8 Å². The van der Waals surface area contributed by atoms with Gasteiger partial charge in [-0.2, -0.15) is 0 Å². The van der Waals surface area contributed by atoms with E-state index in [1.807, 2.05) is 60.7 Å². The first-order valence-electron chi connectivity index (χ1n) is 20.6. The number of carboxylic acid groups (broad SMARTS) is 1. The van der Waals surface area contributed by atoms with Crippen LogP contribution in [0.25, 0.3) is 10.2 Å². The van der Waals surface area contributed by atoms with Gasteiger partial charge in [-0.1, -0.05) is 47.4 Å². The molecule has 0 unspecified atom stereocenters. The number of benzene rings is 3. The van der Waals surface area contributed by atoms with Crippen LogP contribution in [0.15, 0.2) is 66.7 Å². The minimum absolute atomic E-state index is 0.142. The highest BCUT2D eigenvalue weighted by Crippen LogP contribution is 2.38. The number of nitrogens with zero attached hydrogens (tertiary/aromatic N) is 4. The summed E-state index contributed by atoms with van der Waals surface area (Å²) in [6.07, 6.45) is 8.16. The monoisotopic (exact) mass is 831 g/mol. The van der Waals surface area contributed by atoms with Crippen molar-refractivity contribution in [2.75, 3.05) is 50.1 Å². The molecule has 2 fully saturated rings. The van der Waals surface area contributed by atoms with Gasteiger partial charge in [-0.3, -0.25) is 19.8 Å². The van der Waals surface area contributed by atoms with E-state index >= 15 is 0 Å². The Labute approximate surface area is 352 Å². The van der Waals surface area contributed by atoms with Gasteiger partial charge in [-0.05, 0) is 136 Å². The number of hydrogen-bond acceptors (Lipinski definition) is 11. The van der Waals surface area contributed by atoms with E-state index in [0.29, 0.717) is 60.8 Å². The number of methoxy groups -OCH3 is 1. The minimum atomic E-state index is -0.628. The zero-order valence-corrected chi connectivity index (χ0v) is 34.9. The second kappa shape index (κ2) is 18.7. The van der Waals surface area contributed by atoms with Crippen LogP contribution in [-0.4, -0.2) is 77.7 Å². The zero-order valence-electron chi connectivity index (χ0n) is 33.3. The fourth-order valence-electron chi connectivity index (χ4n) is 8.68. The van der Waals surface area contributed by atoms with E-state index < -0.39 is 11.9 Å². The van der Waals surface area contributed by atoms with Crippen LogP contribution in [-0.2, 0) is 28.9 Å². The van der Waals surface area contributed by atoms with Crippen molar-refractivity contribution in [1.82, 2.24) is 14.9 Å². The summed E-state index contributed by atoms with van der Waals surface area (Å²) in [5, 5.41) is 13.6. The molecule has 0 radical (unpaired) electrons. The number of esters is 1. The summed E-state index contributed by atoms with van der Waals surface area (Å²) < 4.78 is 12.2. The Kier molecular flexibility index (Phi) is 12.9. The largest absolute Gasteiger partial charge is 0.494 e. The Morgan fingerprint density at radius 1 is 0.898 bits per heavy atom. The number of aryl methyl sites for hydroxylation is 1. The van der Waals surface area contributed by atoms with Crippen LogP contribution in [0.1, 0.15) is 87.4 Å². The lowest BCUT2D eigenvalue weighted by atomic mass is 9.73. The molecule has 1 saturated heterocycles. The van der Waals surface area contributed by atoms with Crippen molar-refractivity contribution >= 4 is 61.0 Å². The maximum absolute atomic E-state index is 13.6. The molecule has 5 aromatic rings. The average molecular weight is 832 g/mol. The van der Waals surface area contributed by atoms with Gasteiger partial charge in [-0.15, -0.1) is 11.3 Å². The van der Waals surface area contributed by atoms with Crippen LogP contribution in [0.4, 0.5) is 10.3 Å². The number of thiazole rings is 2. The highest BCUT2D eigenvalue weighted by Gasteiger charge is 2.32. The lowest BCUT2D eigenvalue weighted by molar-refractivity contribution is -0.143. The molecule has 0 atom stereocenters. The molecule has 2 N–H and O–H groups in total. The third-order valence-electron chi connectivity index (χ3n) is 12.0. The Balaban J connectivity index is 0.812. The molecular formula is C46H49N5O6S2. The number of carbonyl (C=O) groups excluding carboxylic acids is 2. The third kappa shape index (κ3) is 9.78. The van der Waals surface area contributed by atoms with Crippen molar-refractivity contribution in [3.05, 3.63) is 99.6 Å². The standard InChI is InChI=1S/C46H49N5O6S2/c1-56-44(55)41-40(59-46(48-41)51-27-23-33-8-4-9-36(37(33)29-51)42(52)49-45-47-38-10-2-3-11-39(38)58-45)12-6-28-57-35-19-13-30(14-20-35)7-5-24-50-25-21-32(22-26-50)31-15-17-34(18-16-31)43(53)54/h2-4,8-11,13-14,19-20,31-32,34H,6,12,15-18,21-29H2,1H3,(H,53,54)(H,47,49,52). The van der Waals surface area contributed by atoms with Gasteiger partial charge >= 0.3 is 11.9 Å². The van der Waals surface area contributed by atoms with E-state index in [1.54, 1.807) is 0 Å². The normalized spacial score (nSPS) is 18.4. The lowest BCUT2D eigenvalue weighted by Gasteiger charge is -2.38. The number of likely N-dealkylation sites (tertiary alicyclic amines) is 1. The number of nitrogens with one attached hydrogen (secondary N) is 1. The summed E-state index contributed by atoms with van der Waals surface area (Å²) in [6, 6.07) is 21.5. The molecule has 1 amide bonds. The Morgan fingerprint density at radius 2 is 1.68 bits per heavy atom. The van der Waals surface area contributed by atoms with Gasteiger partial charge in [0.1, 0.15) is 5.75 Å². The summed E-state index contributed by atoms with van der Waals surface area (Å²) in [7, 11) is 1.37. The first-order valence-corrected chi connectivity index (χ1v) is 22.2. The molecule has 8 rings (SSSR count). The molecule has 11 nitrogen and oxygen atoms in total. The quantitative estimate of drug-likeness (QED) is 0.0719. The average Bonchev–Trinajstić information content (AvgIpc) is 3.89. The maximum atomic E-state index is 13.6. The molecule has 306 valence electrons. The molecular weight excluding hydrogens is 783 g/mol. The molecule has 1 aliphatic carbocycles. The van der Waals surface area contributed by atoms with E-state index in [0.717, 1.165) is 94.4 Å². The summed E-state index contributed by atoms with van der Waals surface area (Å²) >= 11 is 2.94. The summed E-state index contributed by atoms with van der Waals surface area (Å²) in [5.74, 6) is 7.37. The Bertz CT molecular complexity index is 2320. The predicted molar refractivity (Wildman–Crippen MR) is 232 cm³/mol. The lowest BCUT2D eigenvalue weighted by Crippen LogP contribution is -2.37. The third-order valence-corrected chi connectivity index (χ3v) is 14.1. The van der Waals surface area contributed by atoms with Gasteiger partial charge < -0.3 is 19.5 Å². The van der Waals surface area contributed by atoms with Gasteiger partial charge in [0.2, 0.25) is 0 Å². The van der Waals surface area contributed by atoms with Crippen LogP contribution in [0, 0.1) is 29.6 Å². The highest BCUT2D eigenvalue weighted by molar-refractivity contribution is 7.22.